The normalized spacial score (nSPS) is 12.9. The molecule has 5 nitrogen and oxygen atoms in total. The van der Waals surface area contributed by atoms with Crippen LogP contribution in [0, 0.1) is 5.92 Å². The number of fused-ring (bicyclic) bond motifs is 1. The lowest BCUT2D eigenvalue weighted by atomic mass is 10.0. The third-order valence-corrected chi connectivity index (χ3v) is 3.56. The largest absolute Gasteiger partial charge is 0.361 e. The number of aromatic nitrogens is 2. The quantitative estimate of drug-likeness (QED) is 0.886. The number of thiophene rings is 1. The molecule has 2 rings (SSSR count). The van der Waals surface area contributed by atoms with Gasteiger partial charge >= 0.3 is 5.69 Å². The fourth-order valence-electron chi connectivity index (χ4n) is 1.88. The third kappa shape index (κ3) is 2.43. The number of hydrogen-bond donors (Lipinski definition) is 2. The lowest BCUT2D eigenvalue weighted by Gasteiger charge is -2.20. The van der Waals surface area contributed by atoms with E-state index in [4.69, 9.17) is 0 Å². The van der Waals surface area contributed by atoms with Gasteiger partial charge in [-0.2, -0.15) is 4.98 Å². The number of carbonyl (C=O) groups excluding carboxylic acids is 1. The number of ketones is 1. The average Bonchev–Trinajstić information content (AvgIpc) is 2.72. The van der Waals surface area contributed by atoms with Crippen LogP contribution in [0.3, 0.4) is 0 Å². The molecule has 1 atom stereocenters. The molecule has 0 aliphatic rings. The number of aromatic amines is 1. The Hall–Kier alpha value is -1.69. The van der Waals surface area contributed by atoms with Crippen LogP contribution < -0.4 is 11.0 Å². The van der Waals surface area contributed by atoms with E-state index in [9.17, 15) is 9.59 Å². The van der Waals surface area contributed by atoms with Gasteiger partial charge in [-0.05, 0) is 24.3 Å². The van der Waals surface area contributed by atoms with Gasteiger partial charge in [0.2, 0.25) is 0 Å². The van der Waals surface area contributed by atoms with Gasteiger partial charge in [0.15, 0.2) is 5.78 Å². The molecule has 0 aliphatic heterocycles. The Labute approximate surface area is 108 Å². The predicted octanol–water partition coefficient (Wildman–Crippen LogP) is 2.01. The molecule has 2 aromatic rings. The second kappa shape index (κ2) is 4.89. The Kier molecular flexibility index (Phi) is 3.47. The van der Waals surface area contributed by atoms with Crippen LogP contribution in [0.4, 0.5) is 5.82 Å². The zero-order valence-electron chi connectivity index (χ0n) is 10.5. The minimum Gasteiger partial charge on any atom is -0.361 e. The van der Waals surface area contributed by atoms with Gasteiger partial charge in [-0.25, -0.2) is 4.79 Å². The molecule has 0 radical (unpaired) electrons. The molecule has 0 spiro atoms. The van der Waals surface area contributed by atoms with E-state index in [0.29, 0.717) is 10.6 Å². The Morgan fingerprint density at radius 2 is 2.22 bits per heavy atom. The van der Waals surface area contributed by atoms with Gasteiger partial charge in [0.05, 0.1) is 11.4 Å². The molecule has 2 heterocycles. The van der Waals surface area contributed by atoms with E-state index in [1.165, 1.54) is 11.3 Å². The van der Waals surface area contributed by atoms with Crippen LogP contribution in [-0.2, 0) is 4.79 Å². The standard InChI is InChI=1S/C12H15N3O2S/c1-6(2)9(7(3)16)13-10-8-4-5-18-11(8)15-12(17)14-10/h4-6,9H,1-3H3,(H2,13,14,15,17). The summed E-state index contributed by atoms with van der Waals surface area (Å²) in [7, 11) is 0. The highest BCUT2D eigenvalue weighted by Gasteiger charge is 2.19. The van der Waals surface area contributed by atoms with Crippen LogP contribution in [0.2, 0.25) is 0 Å². The van der Waals surface area contributed by atoms with E-state index in [2.05, 4.69) is 15.3 Å². The number of anilines is 1. The minimum atomic E-state index is -0.404. The third-order valence-electron chi connectivity index (χ3n) is 2.75. The topological polar surface area (TPSA) is 74.8 Å². The summed E-state index contributed by atoms with van der Waals surface area (Å²) < 4.78 is 0. The second-order valence-corrected chi connectivity index (χ2v) is 5.43. The fourth-order valence-corrected chi connectivity index (χ4v) is 2.65. The van der Waals surface area contributed by atoms with Crippen molar-refractivity contribution in [2.24, 2.45) is 5.92 Å². The van der Waals surface area contributed by atoms with Crippen molar-refractivity contribution in [2.45, 2.75) is 26.8 Å². The Morgan fingerprint density at radius 1 is 1.50 bits per heavy atom. The average molecular weight is 265 g/mol. The number of nitrogens with one attached hydrogen (secondary N) is 2. The number of rotatable bonds is 4. The van der Waals surface area contributed by atoms with E-state index in [0.717, 1.165) is 5.39 Å². The molecule has 1 unspecified atom stereocenters. The van der Waals surface area contributed by atoms with Crippen molar-refractivity contribution in [2.75, 3.05) is 5.32 Å². The van der Waals surface area contributed by atoms with Crippen molar-refractivity contribution < 1.29 is 4.79 Å². The van der Waals surface area contributed by atoms with E-state index in [1.807, 2.05) is 25.3 Å². The zero-order valence-corrected chi connectivity index (χ0v) is 11.3. The molecule has 0 aliphatic carbocycles. The van der Waals surface area contributed by atoms with Gasteiger partial charge < -0.3 is 5.32 Å². The molecule has 0 fully saturated rings. The Morgan fingerprint density at radius 3 is 2.83 bits per heavy atom. The first-order valence-corrected chi connectivity index (χ1v) is 6.61. The van der Waals surface area contributed by atoms with Gasteiger partial charge in [0, 0.05) is 0 Å². The highest BCUT2D eigenvalue weighted by Crippen LogP contribution is 2.24. The van der Waals surface area contributed by atoms with Crippen molar-refractivity contribution in [1.29, 1.82) is 0 Å². The van der Waals surface area contributed by atoms with Crippen molar-refractivity contribution in [1.82, 2.24) is 9.97 Å². The molecule has 2 N–H and O–H groups in total. The predicted molar refractivity (Wildman–Crippen MR) is 73.2 cm³/mol. The highest BCUT2D eigenvalue weighted by atomic mass is 32.1. The highest BCUT2D eigenvalue weighted by molar-refractivity contribution is 7.16. The molecule has 0 amide bonds. The number of H-pyrrole nitrogens is 1. The van der Waals surface area contributed by atoms with E-state index in [-0.39, 0.29) is 17.7 Å². The summed E-state index contributed by atoms with van der Waals surface area (Å²) in [5.74, 6) is 0.763. The zero-order chi connectivity index (χ0) is 13.3. The minimum absolute atomic E-state index is 0.0473. The summed E-state index contributed by atoms with van der Waals surface area (Å²) in [5, 5.41) is 5.82. The van der Waals surface area contributed by atoms with E-state index < -0.39 is 5.69 Å². The van der Waals surface area contributed by atoms with Crippen LogP contribution in [0.15, 0.2) is 16.2 Å². The smallest absolute Gasteiger partial charge is 0.347 e. The van der Waals surface area contributed by atoms with Crippen molar-refractivity contribution >= 4 is 33.2 Å². The second-order valence-electron chi connectivity index (χ2n) is 4.53. The summed E-state index contributed by atoms with van der Waals surface area (Å²) >= 11 is 1.40. The Bertz CT molecular complexity index is 630. The van der Waals surface area contributed by atoms with Crippen LogP contribution >= 0.6 is 11.3 Å². The summed E-state index contributed by atoms with van der Waals surface area (Å²) in [5.41, 5.74) is -0.404. The van der Waals surface area contributed by atoms with Crippen molar-refractivity contribution in [3.8, 4) is 0 Å². The number of carbonyl (C=O) groups is 1. The number of Topliss-reactive ketones (excluding diaryl/α,β-unsaturated/α-hetero) is 1. The number of hydrogen-bond acceptors (Lipinski definition) is 5. The van der Waals surface area contributed by atoms with Crippen LogP contribution in [0.5, 0.6) is 0 Å². The molecule has 96 valence electrons. The summed E-state index contributed by atoms with van der Waals surface area (Å²) in [4.78, 5) is 30.2. The van der Waals surface area contributed by atoms with Crippen molar-refractivity contribution in [3.63, 3.8) is 0 Å². The molecular formula is C12H15N3O2S. The maximum Gasteiger partial charge on any atom is 0.347 e. The first-order chi connectivity index (χ1) is 8.49. The maximum absolute atomic E-state index is 11.6. The Balaban J connectivity index is 2.44. The van der Waals surface area contributed by atoms with Crippen LogP contribution in [-0.4, -0.2) is 21.8 Å². The summed E-state index contributed by atoms with van der Waals surface area (Å²) in [6, 6.07) is 1.56. The van der Waals surface area contributed by atoms with Gasteiger partial charge in [-0.3, -0.25) is 9.78 Å². The molecule has 0 bridgehead atoms. The van der Waals surface area contributed by atoms with Gasteiger partial charge in [0.1, 0.15) is 10.6 Å². The first-order valence-electron chi connectivity index (χ1n) is 5.73. The fraction of sp³-hybridized carbons (Fsp3) is 0.417. The SMILES string of the molecule is CC(=O)C(Nc1[nH]c(=O)nc2sccc12)C(C)C. The van der Waals surface area contributed by atoms with E-state index >= 15 is 0 Å². The molecule has 2 aromatic heterocycles. The molecule has 0 saturated heterocycles. The molecule has 6 heteroatoms. The first kappa shape index (κ1) is 12.8. The molecular weight excluding hydrogens is 250 g/mol. The van der Waals surface area contributed by atoms with Crippen LogP contribution in [0.25, 0.3) is 10.2 Å². The van der Waals surface area contributed by atoms with Gasteiger partial charge in [0.25, 0.3) is 0 Å². The maximum atomic E-state index is 11.6. The van der Waals surface area contributed by atoms with Gasteiger partial charge in [-0.1, -0.05) is 13.8 Å². The lowest BCUT2D eigenvalue weighted by Crippen LogP contribution is -2.33. The van der Waals surface area contributed by atoms with Gasteiger partial charge in [-0.15, -0.1) is 11.3 Å². The summed E-state index contributed by atoms with van der Waals surface area (Å²) in [6.45, 7) is 5.47. The lowest BCUT2D eigenvalue weighted by molar-refractivity contribution is -0.118. The number of nitrogens with zero attached hydrogens (tertiary/aromatic N) is 1. The van der Waals surface area contributed by atoms with Crippen molar-refractivity contribution in [3.05, 3.63) is 21.9 Å². The van der Waals surface area contributed by atoms with Crippen LogP contribution in [0.1, 0.15) is 20.8 Å². The molecule has 0 aromatic carbocycles. The van der Waals surface area contributed by atoms with E-state index in [1.54, 1.807) is 6.92 Å². The monoisotopic (exact) mass is 265 g/mol. The summed E-state index contributed by atoms with van der Waals surface area (Å²) in [6.07, 6.45) is 0. The molecule has 0 saturated carbocycles. The molecule has 18 heavy (non-hydrogen) atoms.